The highest BCUT2D eigenvalue weighted by Gasteiger charge is 2.38. The summed E-state index contributed by atoms with van der Waals surface area (Å²) in [6.07, 6.45) is 0.288. The summed E-state index contributed by atoms with van der Waals surface area (Å²) in [6, 6.07) is 15.6. The highest BCUT2D eigenvalue weighted by atomic mass is 35.5. The molecule has 0 fully saturated rings. The summed E-state index contributed by atoms with van der Waals surface area (Å²) in [5.74, 6) is 0.506. The van der Waals surface area contributed by atoms with Gasteiger partial charge in [-0.25, -0.2) is 14.4 Å². The molecule has 0 spiro atoms. The van der Waals surface area contributed by atoms with Gasteiger partial charge in [0.15, 0.2) is 0 Å². The predicted octanol–water partition coefficient (Wildman–Crippen LogP) is 5.45. The fraction of sp³-hybridized carbons (Fsp3) is 0.231. The predicted molar refractivity (Wildman–Crippen MR) is 129 cm³/mol. The van der Waals surface area contributed by atoms with Gasteiger partial charge in [0.25, 0.3) is 5.95 Å². The minimum atomic E-state index is -0.318. The highest BCUT2D eigenvalue weighted by Crippen LogP contribution is 2.43. The third-order valence-corrected chi connectivity index (χ3v) is 6.30. The monoisotopic (exact) mass is 475 g/mol. The number of fused-ring (bicyclic) bond motifs is 1. The van der Waals surface area contributed by atoms with Crippen molar-refractivity contribution in [2.75, 3.05) is 4.90 Å². The van der Waals surface area contributed by atoms with Gasteiger partial charge in [0.05, 0.1) is 12.2 Å². The molecule has 0 unspecified atom stereocenters. The quantitative estimate of drug-likeness (QED) is 0.394. The molecule has 5 rings (SSSR count). The molecule has 0 aliphatic carbocycles. The number of hydrogen-bond acceptors (Lipinski definition) is 4. The van der Waals surface area contributed by atoms with Gasteiger partial charge in [-0.1, -0.05) is 35.9 Å². The summed E-state index contributed by atoms with van der Waals surface area (Å²) < 4.78 is 15.2. The smallest absolute Gasteiger partial charge is 0.252 e. The summed E-state index contributed by atoms with van der Waals surface area (Å²) in [5, 5.41) is 5.43. The summed E-state index contributed by atoms with van der Waals surface area (Å²) in [4.78, 5) is 24.4. The Hall–Kier alpha value is -3.58. The Kier molecular flexibility index (Phi) is 5.65. The minimum absolute atomic E-state index is 0.0534. The number of rotatable bonds is 4. The van der Waals surface area contributed by atoms with Gasteiger partial charge >= 0.3 is 0 Å². The first-order chi connectivity index (χ1) is 16.3. The Morgan fingerprint density at radius 3 is 2.29 bits per heavy atom. The van der Waals surface area contributed by atoms with Crippen molar-refractivity contribution >= 4 is 23.3 Å². The summed E-state index contributed by atoms with van der Waals surface area (Å²) in [5.41, 5.74) is 5.18. The fourth-order valence-electron chi connectivity index (χ4n) is 4.56. The Bertz CT molecular complexity index is 1360. The van der Waals surface area contributed by atoms with Crippen LogP contribution >= 0.6 is 11.6 Å². The molecular weight excluding hydrogens is 453 g/mol. The van der Waals surface area contributed by atoms with Gasteiger partial charge in [-0.2, -0.15) is 9.78 Å². The van der Waals surface area contributed by atoms with Gasteiger partial charge in [-0.05, 0) is 62.2 Å². The second-order valence-corrected chi connectivity index (χ2v) is 9.04. The van der Waals surface area contributed by atoms with Crippen LogP contribution in [0, 0.1) is 26.6 Å². The molecular formula is C26H23ClFN5O. The lowest BCUT2D eigenvalue weighted by Gasteiger charge is -2.33. The molecule has 0 bridgehead atoms. The molecule has 2 aromatic heterocycles. The van der Waals surface area contributed by atoms with Crippen LogP contribution in [0.3, 0.4) is 0 Å². The molecule has 1 aliphatic rings. The molecule has 4 aromatic rings. The van der Waals surface area contributed by atoms with Crippen molar-refractivity contribution in [1.29, 1.82) is 0 Å². The van der Waals surface area contributed by atoms with Crippen LogP contribution in [0.4, 0.5) is 10.2 Å². The van der Waals surface area contributed by atoms with Gasteiger partial charge in [0.2, 0.25) is 5.91 Å². The van der Waals surface area contributed by atoms with E-state index in [0.29, 0.717) is 16.8 Å². The standard InChI is InChI=1S/C26H23ClFN5O/c1-15-12-16(2)30-26(29-15)33-25-24(17(3)31-33)22(19-6-8-20(27)9-7-19)13-23(34)32(25)14-18-4-10-21(28)11-5-18/h4-12,22H,13-14H2,1-3H3/t22-/m0/s1. The Balaban J connectivity index is 1.70. The number of nitrogens with zero attached hydrogens (tertiary/aromatic N) is 5. The maximum Gasteiger partial charge on any atom is 0.252 e. The Labute approximate surface area is 202 Å². The molecule has 172 valence electrons. The van der Waals surface area contributed by atoms with E-state index in [9.17, 15) is 9.18 Å². The van der Waals surface area contributed by atoms with E-state index >= 15 is 0 Å². The number of carbonyl (C=O) groups excluding carboxylic acids is 1. The molecule has 0 saturated carbocycles. The van der Waals surface area contributed by atoms with Crippen molar-refractivity contribution in [3.05, 3.63) is 99.2 Å². The molecule has 3 heterocycles. The van der Waals surface area contributed by atoms with E-state index in [2.05, 4.69) is 9.97 Å². The van der Waals surface area contributed by atoms with E-state index < -0.39 is 0 Å². The molecule has 6 nitrogen and oxygen atoms in total. The van der Waals surface area contributed by atoms with Crippen LogP contribution < -0.4 is 4.90 Å². The molecule has 2 aromatic carbocycles. The van der Waals surface area contributed by atoms with Crippen LogP contribution in [0.2, 0.25) is 5.02 Å². The number of aryl methyl sites for hydroxylation is 3. The van der Waals surface area contributed by atoms with E-state index in [1.165, 1.54) is 12.1 Å². The topological polar surface area (TPSA) is 63.9 Å². The van der Waals surface area contributed by atoms with Crippen LogP contribution in [0.15, 0.2) is 54.6 Å². The van der Waals surface area contributed by atoms with Crippen LogP contribution in [-0.4, -0.2) is 25.7 Å². The van der Waals surface area contributed by atoms with E-state index in [4.69, 9.17) is 16.7 Å². The number of amides is 1. The minimum Gasteiger partial charge on any atom is -0.292 e. The number of aromatic nitrogens is 4. The maximum atomic E-state index is 13.5. The van der Waals surface area contributed by atoms with E-state index in [-0.39, 0.29) is 30.6 Å². The highest BCUT2D eigenvalue weighted by molar-refractivity contribution is 6.30. The van der Waals surface area contributed by atoms with E-state index in [1.54, 1.807) is 21.7 Å². The number of hydrogen-bond donors (Lipinski definition) is 0. The van der Waals surface area contributed by atoms with E-state index in [1.807, 2.05) is 51.1 Å². The molecule has 1 aliphatic heterocycles. The molecule has 1 amide bonds. The van der Waals surface area contributed by atoms with Crippen molar-refractivity contribution in [3.63, 3.8) is 0 Å². The zero-order chi connectivity index (χ0) is 24.0. The average Bonchev–Trinajstić information content (AvgIpc) is 3.14. The normalized spacial score (nSPS) is 15.5. The van der Waals surface area contributed by atoms with Crippen molar-refractivity contribution < 1.29 is 9.18 Å². The third-order valence-electron chi connectivity index (χ3n) is 6.05. The summed E-state index contributed by atoms with van der Waals surface area (Å²) >= 11 is 6.11. The van der Waals surface area contributed by atoms with Crippen molar-refractivity contribution in [1.82, 2.24) is 19.7 Å². The van der Waals surface area contributed by atoms with Crippen molar-refractivity contribution in [2.45, 2.75) is 39.7 Å². The molecule has 0 N–H and O–H groups in total. The lowest BCUT2D eigenvalue weighted by atomic mass is 9.85. The van der Waals surface area contributed by atoms with Crippen LogP contribution in [0.5, 0.6) is 0 Å². The van der Waals surface area contributed by atoms with Gasteiger partial charge < -0.3 is 0 Å². The first kappa shape index (κ1) is 22.2. The summed E-state index contributed by atoms with van der Waals surface area (Å²) in [7, 11) is 0. The number of carbonyl (C=O) groups is 1. The Morgan fingerprint density at radius 1 is 1.00 bits per heavy atom. The number of anilines is 1. The molecule has 1 atom stereocenters. The van der Waals surface area contributed by atoms with E-state index in [0.717, 1.165) is 33.8 Å². The second-order valence-electron chi connectivity index (χ2n) is 8.60. The Morgan fingerprint density at radius 2 is 1.65 bits per heavy atom. The second kappa shape index (κ2) is 8.65. The SMILES string of the molecule is Cc1cc(C)nc(-n2nc(C)c3c2N(Cc2ccc(F)cc2)C(=O)C[C@H]3c2ccc(Cl)cc2)n1. The summed E-state index contributed by atoms with van der Waals surface area (Å²) in [6.45, 7) is 6.03. The fourth-order valence-corrected chi connectivity index (χ4v) is 4.68. The van der Waals surface area contributed by atoms with Crippen molar-refractivity contribution in [3.8, 4) is 5.95 Å². The number of halogens is 2. The lowest BCUT2D eigenvalue weighted by molar-refractivity contribution is -0.119. The van der Waals surface area contributed by atoms with Gasteiger partial charge in [0.1, 0.15) is 11.6 Å². The molecule has 34 heavy (non-hydrogen) atoms. The molecule has 0 saturated heterocycles. The maximum absolute atomic E-state index is 13.5. The number of benzene rings is 2. The van der Waals surface area contributed by atoms with Crippen molar-refractivity contribution in [2.24, 2.45) is 0 Å². The first-order valence-corrected chi connectivity index (χ1v) is 11.4. The van der Waals surface area contributed by atoms with Gasteiger partial charge in [0, 0.05) is 34.3 Å². The molecule has 0 radical (unpaired) electrons. The van der Waals surface area contributed by atoms with Crippen LogP contribution in [0.25, 0.3) is 5.95 Å². The zero-order valence-electron chi connectivity index (χ0n) is 19.1. The largest absolute Gasteiger partial charge is 0.292 e. The van der Waals surface area contributed by atoms with Gasteiger partial charge in [-0.3, -0.25) is 9.69 Å². The lowest BCUT2D eigenvalue weighted by Crippen LogP contribution is -2.38. The van der Waals surface area contributed by atoms with Gasteiger partial charge in [-0.15, -0.1) is 0 Å². The average molecular weight is 476 g/mol. The third kappa shape index (κ3) is 4.07. The first-order valence-electron chi connectivity index (χ1n) is 11.0. The zero-order valence-corrected chi connectivity index (χ0v) is 19.8. The van der Waals surface area contributed by atoms with Crippen LogP contribution in [0.1, 0.15) is 46.1 Å². The van der Waals surface area contributed by atoms with Crippen LogP contribution in [-0.2, 0) is 11.3 Å². The molecule has 8 heteroatoms.